The molecule has 0 aromatic heterocycles. The van der Waals surface area contributed by atoms with Crippen molar-refractivity contribution in [1.29, 1.82) is 0 Å². The highest BCUT2D eigenvalue weighted by Crippen LogP contribution is 2.25. The summed E-state index contributed by atoms with van der Waals surface area (Å²) in [5.41, 5.74) is 1.84. The molecule has 0 aromatic rings. The molecule has 0 aromatic carbocycles. The van der Waals surface area contributed by atoms with Gasteiger partial charge in [-0.1, -0.05) is 19.1 Å². The van der Waals surface area contributed by atoms with Gasteiger partial charge in [0.1, 0.15) is 6.10 Å². The molecule has 0 heterocycles. The molecule has 2 N–H and O–H groups in total. The fraction of sp³-hybridized carbons (Fsp3) is 0.667. The Labute approximate surface area is 84.4 Å². The third-order valence-electron chi connectivity index (χ3n) is 2.02. The fourth-order valence-corrected chi connectivity index (χ4v) is 1.76. The van der Waals surface area contributed by atoms with Gasteiger partial charge in [-0.05, 0) is 6.42 Å². The quantitative estimate of drug-likeness (QED) is 0.648. The zero-order valence-electron chi connectivity index (χ0n) is 8.29. The average molecular weight is 200 g/mol. The largest absolute Gasteiger partial charge is 0.384 e. The van der Waals surface area contributed by atoms with Crippen LogP contribution >= 0.6 is 12.2 Å². The van der Waals surface area contributed by atoms with E-state index in [2.05, 4.69) is 12.2 Å². The molecule has 0 saturated heterocycles. The van der Waals surface area contributed by atoms with E-state index in [1.807, 2.05) is 19.0 Å². The number of thiocarbonyl (C=S) groups is 1. The van der Waals surface area contributed by atoms with Gasteiger partial charge in [0.15, 0.2) is 0 Å². The van der Waals surface area contributed by atoms with E-state index >= 15 is 0 Å². The van der Waals surface area contributed by atoms with Crippen LogP contribution < -0.4 is 5.32 Å². The van der Waals surface area contributed by atoms with Gasteiger partial charge in [-0.3, -0.25) is 0 Å². The molecular weight excluding hydrogens is 184 g/mol. The normalized spacial score (nSPS) is 21.5. The van der Waals surface area contributed by atoms with Crippen LogP contribution in [0.4, 0.5) is 0 Å². The summed E-state index contributed by atoms with van der Waals surface area (Å²) in [5.74, 6) is 0. The van der Waals surface area contributed by atoms with Crippen molar-refractivity contribution in [3.05, 3.63) is 11.4 Å². The minimum absolute atomic E-state index is 0.557. The third kappa shape index (κ3) is 1.84. The number of nitrogens with zero attached hydrogens (tertiary/aromatic N) is 1. The van der Waals surface area contributed by atoms with Crippen molar-refractivity contribution in [2.24, 2.45) is 0 Å². The van der Waals surface area contributed by atoms with Gasteiger partial charge in [0, 0.05) is 20.6 Å². The SMILES string of the molecule is CCCNC1=C(N(C)C)C(=S)C1O. The molecule has 0 saturated carbocycles. The Balaban J connectivity index is 2.72. The Bertz CT molecular complexity index is 248. The molecule has 1 atom stereocenters. The molecule has 1 aliphatic rings. The molecule has 0 amide bonds. The molecule has 13 heavy (non-hydrogen) atoms. The van der Waals surface area contributed by atoms with Gasteiger partial charge < -0.3 is 15.3 Å². The highest BCUT2D eigenvalue weighted by atomic mass is 32.1. The standard InChI is InChI=1S/C9H16N2OS/c1-4-5-10-6-7(11(2)3)9(13)8(6)12/h8,10,12H,4-5H2,1-3H3. The van der Waals surface area contributed by atoms with Crippen molar-refractivity contribution < 1.29 is 5.11 Å². The second-order valence-electron chi connectivity index (χ2n) is 3.35. The highest BCUT2D eigenvalue weighted by molar-refractivity contribution is 7.81. The second kappa shape index (κ2) is 4.07. The van der Waals surface area contributed by atoms with Crippen LogP contribution in [-0.4, -0.2) is 41.6 Å². The maximum absolute atomic E-state index is 9.53. The lowest BCUT2D eigenvalue weighted by molar-refractivity contribution is 0.247. The van der Waals surface area contributed by atoms with Crippen molar-refractivity contribution in [3.8, 4) is 0 Å². The van der Waals surface area contributed by atoms with E-state index in [1.54, 1.807) is 0 Å². The molecule has 0 radical (unpaired) electrons. The van der Waals surface area contributed by atoms with Gasteiger partial charge in [-0.2, -0.15) is 0 Å². The predicted molar refractivity (Wildman–Crippen MR) is 57.6 cm³/mol. The van der Waals surface area contributed by atoms with E-state index in [-0.39, 0.29) is 0 Å². The lowest BCUT2D eigenvalue weighted by Crippen LogP contribution is -2.46. The Morgan fingerprint density at radius 3 is 2.62 bits per heavy atom. The number of rotatable bonds is 4. The second-order valence-corrected chi connectivity index (χ2v) is 3.79. The minimum Gasteiger partial charge on any atom is -0.384 e. The van der Waals surface area contributed by atoms with Crippen LogP contribution in [-0.2, 0) is 0 Å². The summed E-state index contributed by atoms with van der Waals surface area (Å²) in [6.45, 7) is 2.97. The molecule has 1 aliphatic carbocycles. The van der Waals surface area contributed by atoms with Crippen molar-refractivity contribution in [1.82, 2.24) is 10.2 Å². The fourth-order valence-electron chi connectivity index (χ4n) is 1.35. The summed E-state index contributed by atoms with van der Waals surface area (Å²) in [4.78, 5) is 2.58. The van der Waals surface area contributed by atoms with Gasteiger partial charge >= 0.3 is 0 Å². The van der Waals surface area contributed by atoms with E-state index < -0.39 is 6.10 Å². The summed E-state index contributed by atoms with van der Waals surface area (Å²) < 4.78 is 0. The monoisotopic (exact) mass is 200 g/mol. The van der Waals surface area contributed by atoms with Gasteiger partial charge in [0.05, 0.1) is 16.3 Å². The van der Waals surface area contributed by atoms with E-state index in [1.165, 1.54) is 0 Å². The summed E-state index contributed by atoms with van der Waals surface area (Å²) in [6, 6.07) is 0. The van der Waals surface area contributed by atoms with Crippen LogP contribution in [0.15, 0.2) is 11.4 Å². The van der Waals surface area contributed by atoms with Crippen molar-refractivity contribution in [2.75, 3.05) is 20.6 Å². The van der Waals surface area contributed by atoms with Crippen molar-refractivity contribution in [3.63, 3.8) is 0 Å². The highest BCUT2D eigenvalue weighted by Gasteiger charge is 2.34. The Kier molecular flexibility index (Phi) is 3.27. The molecular formula is C9H16N2OS. The maximum atomic E-state index is 9.53. The summed E-state index contributed by atoms with van der Waals surface area (Å²) in [5, 5.41) is 12.7. The van der Waals surface area contributed by atoms with E-state index in [9.17, 15) is 5.11 Å². The molecule has 0 bridgehead atoms. The molecule has 0 aliphatic heterocycles. The number of hydrogen-bond acceptors (Lipinski definition) is 4. The van der Waals surface area contributed by atoms with Gasteiger partial charge in [0.2, 0.25) is 0 Å². The molecule has 1 unspecified atom stereocenters. The van der Waals surface area contributed by atoms with Gasteiger partial charge in [-0.25, -0.2) is 0 Å². The van der Waals surface area contributed by atoms with Crippen LogP contribution in [0.3, 0.4) is 0 Å². The summed E-state index contributed by atoms with van der Waals surface area (Å²) in [7, 11) is 3.86. The molecule has 1 rings (SSSR count). The zero-order valence-corrected chi connectivity index (χ0v) is 9.11. The third-order valence-corrected chi connectivity index (χ3v) is 2.44. The lowest BCUT2D eigenvalue weighted by Gasteiger charge is -2.35. The first-order valence-electron chi connectivity index (χ1n) is 4.47. The van der Waals surface area contributed by atoms with Crippen molar-refractivity contribution in [2.45, 2.75) is 19.4 Å². The van der Waals surface area contributed by atoms with Gasteiger partial charge in [-0.15, -0.1) is 0 Å². The van der Waals surface area contributed by atoms with Crippen LogP contribution in [0.2, 0.25) is 0 Å². The first-order valence-corrected chi connectivity index (χ1v) is 4.88. The molecule has 3 nitrogen and oxygen atoms in total. The maximum Gasteiger partial charge on any atom is 0.133 e. The zero-order chi connectivity index (χ0) is 10.0. The smallest absolute Gasteiger partial charge is 0.133 e. The predicted octanol–water partition coefficient (Wildman–Crippen LogP) is 0.504. The average Bonchev–Trinajstić information content (AvgIpc) is 2.09. The number of aliphatic hydroxyl groups excluding tert-OH is 1. The number of nitrogens with one attached hydrogen (secondary N) is 1. The summed E-state index contributed by atoms with van der Waals surface area (Å²) >= 11 is 5.04. The molecule has 74 valence electrons. The molecule has 0 spiro atoms. The Morgan fingerprint density at radius 2 is 2.15 bits per heavy atom. The summed E-state index contributed by atoms with van der Waals surface area (Å²) in [6.07, 6.45) is 0.489. The van der Waals surface area contributed by atoms with Crippen LogP contribution in [0.5, 0.6) is 0 Å². The Hall–Kier alpha value is -0.610. The first-order chi connectivity index (χ1) is 6.09. The van der Waals surface area contributed by atoms with Crippen LogP contribution in [0, 0.1) is 0 Å². The van der Waals surface area contributed by atoms with Crippen LogP contribution in [0.25, 0.3) is 0 Å². The minimum atomic E-state index is -0.557. The van der Waals surface area contributed by atoms with E-state index in [0.29, 0.717) is 4.86 Å². The lowest BCUT2D eigenvalue weighted by atomic mass is 9.95. The van der Waals surface area contributed by atoms with E-state index in [4.69, 9.17) is 12.2 Å². The van der Waals surface area contributed by atoms with E-state index in [0.717, 1.165) is 24.4 Å². The molecule has 0 fully saturated rings. The van der Waals surface area contributed by atoms with Crippen LogP contribution in [0.1, 0.15) is 13.3 Å². The number of hydrogen-bond donors (Lipinski definition) is 2. The first kappa shape index (κ1) is 10.5. The van der Waals surface area contributed by atoms with Crippen molar-refractivity contribution >= 4 is 17.1 Å². The number of aliphatic hydroxyl groups is 1. The molecule has 4 heteroatoms. The Morgan fingerprint density at radius 1 is 1.54 bits per heavy atom. The van der Waals surface area contributed by atoms with Gasteiger partial charge in [0.25, 0.3) is 0 Å². The topological polar surface area (TPSA) is 35.5 Å².